The molecule has 0 unspecified atom stereocenters. The summed E-state index contributed by atoms with van der Waals surface area (Å²) < 4.78 is 13.6. The van der Waals surface area contributed by atoms with E-state index < -0.39 is 7.60 Å². The van der Waals surface area contributed by atoms with E-state index in [4.69, 9.17) is 11.6 Å². The van der Waals surface area contributed by atoms with Gasteiger partial charge in [-0.15, -0.1) is 0 Å². The minimum Gasteiger partial charge on any atom is -0.338 e. The van der Waals surface area contributed by atoms with Gasteiger partial charge in [0.25, 0.3) is 0 Å². The molecular weight excluding hydrogens is 387 g/mol. The minimum atomic E-state index is -4.60. The lowest BCUT2D eigenvalue weighted by Gasteiger charge is -2.15. The number of rotatable bonds is 3. The number of anilines is 2. The molecule has 0 fully saturated rings. The molecule has 27 heavy (non-hydrogen) atoms. The van der Waals surface area contributed by atoms with E-state index in [-0.39, 0.29) is 11.0 Å². The Balaban J connectivity index is 2.07. The molecule has 0 saturated carbocycles. The monoisotopic (exact) mass is 402 g/mol. The minimum absolute atomic E-state index is 0.237. The third-order valence-electron chi connectivity index (χ3n) is 4.40. The van der Waals surface area contributed by atoms with E-state index in [0.717, 1.165) is 16.8 Å². The Morgan fingerprint density at radius 1 is 1.15 bits per heavy atom. The van der Waals surface area contributed by atoms with Crippen LogP contribution in [0.3, 0.4) is 0 Å². The third-order valence-corrected chi connectivity index (χ3v) is 5.52. The second kappa shape index (κ2) is 6.32. The summed E-state index contributed by atoms with van der Waals surface area (Å²) in [4.78, 5) is 28.1. The van der Waals surface area contributed by atoms with Gasteiger partial charge in [-0.05, 0) is 43.2 Å². The number of aromatic nitrogens is 3. The van der Waals surface area contributed by atoms with Gasteiger partial charge in [-0.2, -0.15) is 0 Å². The van der Waals surface area contributed by atoms with Crippen LogP contribution in [0.25, 0.3) is 16.6 Å². The van der Waals surface area contributed by atoms with Crippen molar-refractivity contribution in [2.75, 3.05) is 5.32 Å². The number of aryl methyl sites for hydroxylation is 2. The quantitative estimate of drug-likeness (QED) is 0.452. The molecule has 0 aliphatic carbocycles. The van der Waals surface area contributed by atoms with E-state index in [1.807, 2.05) is 32.0 Å². The number of para-hydroxylation sites is 1. The van der Waals surface area contributed by atoms with E-state index in [0.29, 0.717) is 21.9 Å². The van der Waals surface area contributed by atoms with Gasteiger partial charge in [0.1, 0.15) is 11.8 Å². The van der Waals surface area contributed by atoms with Crippen molar-refractivity contribution in [3.8, 4) is 0 Å². The highest BCUT2D eigenvalue weighted by Gasteiger charge is 2.27. The summed E-state index contributed by atoms with van der Waals surface area (Å²) in [7, 11) is -4.60. The van der Waals surface area contributed by atoms with E-state index in [1.54, 1.807) is 22.6 Å². The van der Waals surface area contributed by atoms with Gasteiger partial charge in [0.15, 0.2) is 11.3 Å². The first-order valence-corrected chi connectivity index (χ1v) is 10.1. The number of hydrogen-bond acceptors (Lipinski definition) is 4. The fraction of sp³-hybridized carbons (Fsp3) is 0.111. The van der Waals surface area contributed by atoms with Crippen molar-refractivity contribution in [2.45, 2.75) is 13.8 Å². The van der Waals surface area contributed by atoms with Crippen molar-refractivity contribution in [3.05, 3.63) is 58.9 Å². The fourth-order valence-electron chi connectivity index (χ4n) is 3.14. The molecule has 0 amide bonds. The van der Waals surface area contributed by atoms with E-state index in [9.17, 15) is 14.4 Å². The Labute approximate surface area is 159 Å². The van der Waals surface area contributed by atoms with Gasteiger partial charge < -0.3 is 15.1 Å². The van der Waals surface area contributed by atoms with Crippen molar-refractivity contribution >= 4 is 52.7 Å². The largest absolute Gasteiger partial charge is 0.376 e. The maximum atomic E-state index is 12.0. The number of benzene rings is 2. The highest BCUT2D eigenvalue weighted by molar-refractivity contribution is 7.60. The molecule has 138 valence electrons. The van der Waals surface area contributed by atoms with Crippen LogP contribution in [0.4, 0.5) is 11.5 Å². The molecule has 4 aromatic rings. The van der Waals surface area contributed by atoms with Gasteiger partial charge in [0.2, 0.25) is 0 Å². The first-order chi connectivity index (χ1) is 12.8. The normalized spacial score (nSPS) is 12.0. The number of fused-ring (bicyclic) bond motifs is 3. The van der Waals surface area contributed by atoms with Crippen LogP contribution in [0.15, 0.2) is 42.7 Å². The zero-order valence-electron chi connectivity index (χ0n) is 14.5. The zero-order valence-corrected chi connectivity index (χ0v) is 16.2. The molecular formula is C18H16ClN4O3P. The maximum Gasteiger partial charge on any atom is 0.376 e. The first-order valence-electron chi connectivity index (χ1n) is 8.11. The molecule has 7 nitrogen and oxygen atoms in total. The van der Waals surface area contributed by atoms with Gasteiger partial charge in [-0.1, -0.05) is 29.8 Å². The van der Waals surface area contributed by atoms with Gasteiger partial charge in [-0.3, -0.25) is 8.97 Å². The molecule has 0 saturated heterocycles. The van der Waals surface area contributed by atoms with Crippen molar-refractivity contribution in [1.29, 1.82) is 0 Å². The summed E-state index contributed by atoms with van der Waals surface area (Å²) >= 11 is 6.10. The van der Waals surface area contributed by atoms with Crippen LogP contribution in [0.5, 0.6) is 0 Å². The molecule has 0 bridgehead atoms. The highest BCUT2D eigenvalue weighted by Crippen LogP contribution is 2.38. The van der Waals surface area contributed by atoms with Crippen molar-refractivity contribution in [1.82, 2.24) is 14.4 Å². The number of nitrogens with zero attached hydrogens (tertiary/aromatic N) is 3. The highest BCUT2D eigenvalue weighted by atomic mass is 35.5. The zero-order chi connectivity index (χ0) is 19.3. The molecule has 0 atom stereocenters. The van der Waals surface area contributed by atoms with Crippen LogP contribution >= 0.6 is 19.2 Å². The molecule has 0 spiro atoms. The molecule has 2 aromatic heterocycles. The van der Waals surface area contributed by atoms with Crippen LogP contribution < -0.4 is 10.8 Å². The second-order valence-electron chi connectivity index (χ2n) is 6.32. The van der Waals surface area contributed by atoms with Crippen LogP contribution in [-0.4, -0.2) is 24.2 Å². The Kier molecular flexibility index (Phi) is 4.20. The first kappa shape index (κ1) is 17.9. The lowest BCUT2D eigenvalue weighted by atomic mass is 10.1. The number of nitrogens with one attached hydrogen (secondary N) is 1. The van der Waals surface area contributed by atoms with Crippen molar-refractivity contribution in [3.63, 3.8) is 0 Å². The molecule has 0 radical (unpaired) electrons. The van der Waals surface area contributed by atoms with Crippen molar-refractivity contribution in [2.24, 2.45) is 0 Å². The van der Waals surface area contributed by atoms with Crippen LogP contribution in [0.2, 0.25) is 5.02 Å². The van der Waals surface area contributed by atoms with Gasteiger partial charge in [0, 0.05) is 10.7 Å². The summed E-state index contributed by atoms with van der Waals surface area (Å²) in [5, 5.41) is 3.75. The average molecular weight is 403 g/mol. The summed E-state index contributed by atoms with van der Waals surface area (Å²) in [6, 6.07) is 11.0. The molecule has 0 aliphatic rings. The van der Waals surface area contributed by atoms with E-state index in [2.05, 4.69) is 15.3 Å². The fourth-order valence-corrected chi connectivity index (χ4v) is 3.99. The molecule has 2 heterocycles. The van der Waals surface area contributed by atoms with Crippen molar-refractivity contribution < 1.29 is 14.4 Å². The van der Waals surface area contributed by atoms with E-state index >= 15 is 0 Å². The Hall–Kier alpha value is -2.44. The second-order valence-corrected chi connectivity index (χ2v) is 8.26. The summed E-state index contributed by atoms with van der Waals surface area (Å²) in [5.41, 5.74) is 3.94. The predicted molar refractivity (Wildman–Crippen MR) is 106 cm³/mol. The molecule has 9 heteroatoms. The number of halogens is 1. The van der Waals surface area contributed by atoms with Crippen LogP contribution in [0, 0.1) is 13.8 Å². The number of hydrogen-bond donors (Lipinski definition) is 3. The van der Waals surface area contributed by atoms with Crippen LogP contribution in [0.1, 0.15) is 11.1 Å². The lowest BCUT2D eigenvalue weighted by molar-refractivity contribution is 0.386. The Morgan fingerprint density at radius 2 is 1.85 bits per heavy atom. The van der Waals surface area contributed by atoms with Gasteiger partial charge in [-0.25, -0.2) is 9.97 Å². The lowest BCUT2D eigenvalue weighted by Crippen LogP contribution is -2.10. The maximum absolute atomic E-state index is 12.0. The average Bonchev–Trinajstić information content (AvgIpc) is 3.03. The van der Waals surface area contributed by atoms with E-state index in [1.165, 1.54) is 6.33 Å². The SMILES string of the molecule is Cc1cccc(C)c1Nc1nc2cc(Cl)ccc2n2cnc(P(=O)(O)O)c12. The summed E-state index contributed by atoms with van der Waals surface area (Å²) in [6.07, 6.45) is 1.39. The molecule has 0 aliphatic heterocycles. The van der Waals surface area contributed by atoms with Gasteiger partial charge in [0.05, 0.1) is 11.0 Å². The summed E-state index contributed by atoms with van der Waals surface area (Å²) in [6.45, 7) is 3.90. The molecule has 4 rings (SSSR count). The summed E-state index contributed by atoms with van der Waals surface area (Å²) in [5.74, 6) is 0.304. The topological polar surface area (TPSA) is 99.8 Å². The Bertz CT molecular complexity index is 1230. The van der Waals surface area contributed by atoms with Crippen LogP contribution in [-0.2, 0) is 4.57 Å². The predicted octanol–water partition coefficient (Wildman–Crippen LogP) is 3.70. The molecule has 3 N–H and O–H groups in total. The smallest absolute Gasteiger partial charge is 0.338 e. The van der Waals surface area contributed by atoms with Gasteiger partial charge >= 0.3 is 7.60 Å². The third kappa shape index (κ3) is 3.09. The standard InChI is InChI=1S/C18H16ClN4O3P/c1-10-4-3-5-11(2)15(10)22-17-16-18(27(24,25)26)20-9-23(16)14-7-6-12(19)8-13(14)21-17/h3-9H,1-2H3,(H,21,22)(H2,24,25,26). The molecule has 2 aromatic carbocycles. The number of imidazole rings is 1. The Morgan fingerprint density at radius 3 is 2.52 bits per heavy atom.